The summed E-state index contributed by atoms with van der Waals surface area (Å²) >= 11 is 0. The maximum atomic E-state index is 4.00. The van der Waals surface area contributed by atoms with Crippen LogP contribution < -0.4 is 10.6 Å². The maximum absolute atomic E-state index is 4.00. The van der Waals surface area contributed by atoms with Crippen molar-refractivity contribution in [2.24, 2.45) is 0 Å². The third-order valence-corrected chi connectivity index (χ3v) is 2.89. The van der Waals surface area contributed by atoms with Gasteiger partial charge < -0.3 is 10.6 Å². The molecule has 0 aliphatic rings. The Morgan fingerprint density at radius 1 is 1.41 bits per heavy atom. The number of allylic oxidation sites excluding steroid dienone is 1. The highest BCUT2D eigenvalue weighted by atomic mass is 15.0. The summed E-state index contributed by atoms with van der Waals surface area (Å²) in [6.45, 7) is 9.48. The topological polar surface area (TPSA) is 37.0 Å². The van der Waals surface area contributed by atoms with E-state index in [-0.39, 0.29) is 8.39 Å². The largest absolute Gasteiger partial charge is 0.382 e. The molecule has 0 spiro atoms. The number of rotatable bonds is 6. The van der Waals surface area contributed by atoms with E-state index in [4.69, 9.17) is 0 Å². The molecule has 0 amide bonds. The van der Waals surface area contributed by atoms with Crippen LogP contribution in [0, 0.1) is 0 Å². The third kappa shape index (κ3) is 4.89. The Labute approximate surface area is 107 Å². The predicted octanol–water partition coefficient (Wildman–Crippen LogP) is 3.67. The van der Waals surface area contributed by atoms with E-state index in [9.17, 15) is 0 Å². The van der Waals surface area contributed by atoms with Gasteiger partial charge in [-0.15, -0.1) is 0 Å². The highest BCUT2D eigenvalue weighted by Crippen LogP contribution is 2.11. The van der Waals surface area contributed by atoms with Crippen molar-refractivity contribution in [2.45, 2.75) is 39.7 Å². The molecule has 98 valence electrons. The van der Waals surface area contributed by atoms with E-state index in [0.29, 0.717) is 0 Å². The van der Waals surface area contributed by atoms with E-state index in [1.807, 2.05) is 12.1 Å². The smallest absolute Gasteiger partial charge is 0.0544 e. The number of hydrogen-bond donors (Lipinski definition) is 2. The van der Waals surface area contributed by atoms with Gasteiger partial charge in [0.15, 0.2) is 0 Å². The second-order valence-corrected chi connectivity index (χ2v) is 4.77. The number of nitrogens with one attached hydrogen (secondary N) is 2. The van der Waals surface area contributed by atoms with Crippen LogP contribution in [0.2, 0.25) is 0 Å². The van der Waals surface area contributed by atoms with E-state index in [0.717, 1.165) is 18.7 Å². The van der Waals surface area contributed by atoms with E-state index in [2.05, 4.69) is 49.4 Å². The Morgan fingerprint density at radius 2 is 2.06 bits per heavy atom. The zero-order chi connectivity index (χ0) is 12.7. The molecule has 0 bridgehead atoms. The quantitative estimate of drug-likeness (QED) is 0.792. The van der Waals surface area contributed by atoms with Crippen LogP contribution in [0.3, 0.4) is 0 Å². The lowest BCUT2D eigenvalue weighted by Crippen LogP contribution is -2.39. The molecule has 1 rings (SSSR count). The minimum atomic E-state index is 0. The van der Waals surface area contributed by atoms with Gasteiger partial charge in [0, 0.05) is 32.2 Å². The van der Waals surface area contributed by atoms with Crippen LogP contribution in [0.25, 0.3) is 0 Å². The van der Waals surface area contributed by atoms with Gasteiger partial charge in [0.25, 0.3) is 0 Å². The minimum absolute atomic E-state index is 0. The number of aromatic nitrogens is 1. The Kier molecular flexibility index (Phi) is 5.01. The number of pyridine rings is 1. The fourth-order valence-corrected chi connectivity index (χ4v) is 1.41. The van der Waals surface area contributed by atoms with Crippen molar-refractivity contribution in [3.05, 3.63) is 36.3 Å². The van der Waals surface area contributed by atoms with Crippen molar-refractivity contribution >= 4 is 5.69 Å². The zero-order valence-electron chi connectivity index (χ0n) is 11.2. The summed E-state index contributed by atoms with van der Waals surface area (Å²) in [6.07, 6.45) is 6.80. The van der Waals surface area contributed by atoms with Crippen LogP contribution >= 0.6 is 0 Å². The van der Waals surface area contributed by atoms with Gasteiger partial charge in [0.2, 0.25) is 0 Å². The van der Waals surface area contributed by atoms with Gasteiger partial charge in [-0.05, 0) is 39.3 Å². The molecule has 0 unspecified atom stereocenters. The molecular weight excluding hydrogens is 210 g/mol. The van der Waals surface area contributed by atoms with Crippen LogP contribution in [0.1, 0.15) is 37.0 Å². The second kappa shape index (κ2) is 6.28. The molecular formula is C14H27N3. The summed E-state index contributed by atoms with van der Waals surface area (Å²) in [7, 11) is 0. The van der Waals surface area contributed by atoms with E-state index >= 15 is 0 Å². The van der Waals surface area contributed by atoms with Crippen molar-refractivity contribution in [1.29, 1.82) is 0 Å². The molecule has 1 aromatic rings. The molecule has 2 N–H and O–H groups in total. The third-order valence-electron chi connectivity index (χ3n) is 2.89. The van der Waals surface area contributed by atoms with Crippen molar-refractivity contribution in [2.75, 3.05) is 11.9 Å². The second-order valence-electron chi connectivity index (χ2n) is 4.77. The lowest BCUT2D eigenvalue weighted by molar-refractivity contribution is 0.412. The van der Waals surface area contributed by atoms with Gasteiger partial charge in [0.1, 0.15) is 0 Å². The average molecular weight is 237 g/mol. The van der Waals surface area contributed by atoms with Crippen molar-refractivity contribution in [3.63, 3.8) is 0 Å². The standard InChI is InChI=1S/C14H23N3.2H2/c1-5-12(17-14(3,4)6-2)11-16-13-7-9-15-10-8-13;;/h5,7-10,17H,6,11H2,1-4H3,(H,15,16);2*1H/b12-5-;;. The Morgan fingerprint density at radius 3 is 2.59 bits per heavy atom. The van der Waals surface area contributed by atoms with Crippen LogP contribution in [0.5, 0.6) is 0 Å². The van der Waals surface area contributed by atoms with Crippen LogP contribution in [-0.2, 0) is 0 Å². The number of nitrogens with zero attached hydrogens (tertiary/aromatic N) is 1. The normalized spacial score (nSPS) is 12.4. The Balaban J connectivity index is 0. The number of hydrogen-bond acceptors (Lipinski definition) is 3. The van der Waals surface area contributed by atoms with E-state index in [1.54, 1.807) is 12.4 Å². The molecule has 0 radical (unpaired) electrons. The summed E-state index contributed by atoms with van der Waals surface area (Å²) in [5.41, 5.74) is 2.45. The Bertz CT molecular complexity index is 364. The molecule has 0 aliphatic carbocycles. The molecule has 1 heterocycles. The summed E-state index contributed by atoms with van der Waals surface area (Å²) in [6, 6.07) is 3.94. The fraction of sp³-hybridized carbons (Fsp3) is 0.500. The van der Waals surface area contributed by atoms with Gasteiger partial charge in [0.05, 0.1) is 6.54 Å². The molecule has 0 saturated heterocycles. The van der Waals surface area contributed by atoms with E-state index < -0.39 is 0 Å². The summed E-state index contributed by atoms with van der Waals surface area (Å²) < 4.78 is 0. The molecule has 17 heavy (non-hydrogen) atoms. The first-order chi connectivity index (χ1) is 8.07. The van der Waals surface area contributed by atoms with Crippen LogP contribution in [-0.4, -0.2) is 17.1 Å². The molecule has 0 atom stereocenters. The molecule has 3 nitrogen and oxygen atoms in total. The highest BCUT2D eigenvalue weighted by Gasteiger charge is 2.14. The average Bonchev–Trinajstić information content (AvgIpc) is 2.35. The maximum Gasteiger partial charge on any atom is 0.0544 e. The van der Waals surface area contributed by atoms with Gasteiger partial charge in [-0.2, -0.15) is 0 Å². The molecule has 0 aromatic carbocycles. The lowest BCUT2D eigenvalue weighted by Gasteiger charge is -2.28. The van der Waals surface area contributed by atoms with Crippen LogP contribution in [0.4, 0.5) is 5.69 Å². The van der Waals surface area contributed by atoms with Gasteiger partial charge in [-0.3, -0.25) is 4.98 Å². The zero-order valence-corrected chi connectivity index (χ0v) is 11.2. The van der Waals surface area contributed by atoms with E-state index in [1.165, 1.54) is 5.70 Å². The molecule has 0 aliphatic heterocycles. The van der Waals surface area contributed by atoms with Crippen molar-refractivity contribution in [3.8, 4) is 0 Å². The van der Waals surface area contributed by atoms with Crippen LogP contribution in [0.15, 0.2) is 36.3 Å². The highest BCUT2D eigenvalue weighted by molar-refractivity contribution is 5.42. The van der Waals surface area contributed by atoms with Gasteiger partial charge in [-0.25, -0.2) is 0 Å². The van der Waals surface area contributed by atoms with Gasteiger partial charge >= 0.3 is 0 Å². The minimum Gasteiger partial charge on any atom is -0.382 e. The van der Waals surface area contributed by atoms with Crippen molar-refractivity contribution in [1.82, 2.24) is 10.3 Å². The predicted molar refractivity (Wildman–Crippen MR) is 78.2 cm³/mol. The molecule has 0 fully saturated rings. The molecule has 1 aromatic heterocycles. The summed E-state index contributed by atoms with van der Waals surface area (Å²) in [5, 5.41) is 6.92. The SMILES string of the molecule is C/C=C(/CNc1ccncc1)NC(C)(C)CC.[HH].[HH]. The van der Waals surface area contributed by atoms with Gasteiger partial charge in [-0.1, -0.05) is 13.0 Å². The van der Waals surface area contributed by atoms with Crippen molar-refractivity contribution < 1.29 is 2.85 Å². The first-order valence-electron chi connectivity index (χ1n) is 6.14. The first kappa shape index (κ1) is 13.6. The lowest BCUT2D eigenvalue weighted by atomic mass is 10.0. The summed E-state index contributed by atoms with van der Waals surface area (Å²) in [4.78, 5) is 4.00. The molecule has 3 heteroatoms. The summed E-state index contributed by atoms with van der Waals surface area (Å²) in [5.74, 6) is 0. The first-order valence-corrected chi connectivity index (χ1v) is 6.14. The Hall–Kier alpha value is -1.51. The molecule has 0 saturated carbocycles. The fourth-order valence-electron chi connectivity index (χ4n) is 1.41. The number of anilines is 1. The monoisotopic (exact) mass is 237 g/mol.